The van der Waals surface area contributed by atoms with Crippen LogP contribution in [0.1, 0.15) is 30.5 Å². The summed E-state index contributed by atoms with van der Waals surface area (Å²) in [6, 6.07) is 3.16. The Morgan fingerprint density at radius 2 is 1.96 bits per heavy atom. The molecule has 0 aliphatic heterocycles. The van der Waals surface area contributed by atoms with Crippen LogP contribution in [0, 0.1) is 11.6 Å². The molecule has 0 saturated carbocycles. The Labute approximate surface area is 153 Å². The number of nitrogens with zero attached hydrogens (tertiary/aromatic N) is 3. The number of amides is 1. The summed E-state index contributed by atoms with van der Waals surface area (Å²) in [7, 11) is 0. The Balaban J connectivity index is 1.50. The summed E-state index contributed by atoms with van der Waals surface area (Å²) in [5.74, 6) is -2.39. The number of aromatic nitrogens is 3. The number of fused-ring (bicyclic) bond motifs is 3. The van der Waals surface area contributed by atoms with Crippen LogP contribution >= 0.6 is 0 Å². The van der Waals surface area contributed by atoms with Gasteiger partial charge >= 0.3 is 0 Å². The molecule has 140 valence electrons. The van der Waals surface area contributed by atoms with E-state index in [0.29, 0.717) is 5.52 Å². The number of benzene rings is 1. The van der Waals surface area contributed by atoms with Gasteiger partial charge in [0.05, 0.1) is 5.69 Å². The van der Waals surface area contributed by atoms with Crippen LogP contribution in [0.25, 0.3) is 5.52 Å². The number of hydrogen-bond donors (Lipinski definition) is 1. The lowest BCUT2D eigenvalue weighted by molar-refractivity contribution is -0.116. The molecule has 2 heterocycles. The van der Waals surface area contributed by atoms with Crippen LogP contribution < -0.4 is 10.9 Å². The van der Waals surface area contributed by atoms with Crippen molar-refractivity contribution in [1.29, 1.82) is 0 Å². The maximum atomic E-state index is 13.2. The minimum atomic E-state index is -1.03. The van der Waals surface area contributed by atoms with Crippen LogP contribution in [0.3, 0.4) is 0 Å². The van der Waals surface area contributed by atoms with Gasteiger partial charge in [-0.1, -0.05) is 0 Å². The highest BCUT2D eigenvalue weighted by atomic mass is 19.2. The first kappa shape index (κ1) is 17.4. The van der Waals surface area contributed by atoms with E-state index in [1.165, 1.54) is 10.6 Å². The van der Waals surface area contributed by atoms with Crippen molar-refractivity contribution < 1.29 is 13.6 Å². The molecule has 0 saturated heterocycles. The number of halogens is 2. The topological polar surface area (TPSA) is 68.4 Å². The van der Waals surface area contributed by atoms with Crippen molar-refractivity contribution in [2.24, 2.45) is 0 Å². The molecule has 2 aromatic heterocycles. The van der Waals surface area contributed by atoms with Gasteiger partial charge in [0, 0.05) is 42.7 Å². The average molecular weight is 372 g/mol. The lowest BCUT2D eigenvalue weighted by Gasteiger charge is -2.10. The molecule has 3 aromatic rings. The van der Waals surface area contributed by atoms with Gasteiger partial charge in [-0.15, -0.1) is 0 Å². The molecule has 4 rings (SSSR count). The van der Waals surface area contributed by atoms with Gasteiger partial charge in [-0.25, -0.2) is 13.3 Å². The van der Waals surface area contributed by atoms with E-state index in [2.05, 4.69) is 10.4 Å². The molecular weight excluding hydrogens is 354 g/mol. The second-order valence-electron chi connectivity index (χ2n) is 6.65. The van der Waals surface area contributed by atoms with E-state index in [-0.39, 0.29) is 30.1 Å². The van der Waals surface area contributed by atoms with Crippen LogP contribution in [0.4, 0.5) is 14.5 Å². The van der Waals surface area contributed by atoms with Gasteiger partial charge in [0.15, 0.2) is 11.6 Å². The number of aryl methyl sites for hydroxylation is 3. The maximum Gasteiger partial charge on any atom is 0.276 e. The molecule has 6 nitrogen and oxygen atoms in total. The van der Waals surface area contributed by atoms with E-state index in [1.807, 2.05) is 0 Å². The number of rotatable bonds is 4. The molecule has 1 aliphatic rings. The Hall–Kier alpha value is -3.03. The predicted octanol–water partition coefficient (Wildman–Crippen LogP) is 2.68. The lowest BCUT2D eigenvalue weighted by atomic mass is 9.97. The number of anilines is 1. The van der Waals surface area contributed by atoms with Crippen molar-refractivity contribution in [3.05, 3.63) is 63.8 Å². The molecule has 0 unspecified atom stereocenters. The van der Waals surface area contributed by atoms with E-state index in [9.17, 15) is 18.4 Å². The van der Waals surface area contributed by atoms with Crippen molar-refractivity contribution in [3.63, 3.8) is 0 Å². The number of carbonyl (C=O) groups is 1. The van der Waals surface area contributed by atoms with Gasteiger partial charge in [0.1, 0.15) is 5.52 Å². The first-order valence-electron chi connectivity index (χ1n) is 8.87. The first-order chi connectivity index (χ1) is 13.0. The molecule has 0 bridgehead atoms. The van der Waals surface area contributed by atoms with Gasteiger partial charge in [-0.05, 0) is 37.8 Å². The minimum Gasteiger partial charge on any atom is -0.326 e. The molecule has 0 fully saturated rings. The minimum absolute atomic E-state index is 0.0331. The summed E-state index contributed by atoms with van der Waals surface area (Å²) in [6.45, 7) is 0.185. The second kappa shape index (κ2) is 6.94. The van der Waals surface area contributed by atoms with Gasteiger partial charge in [0.2, 0.25) is 5.91 Å². The predicted molar refractivity (Wildman–Crippen MR) is 95.7 cm³/mol. The molecule has 1 aliphatic carbocycles. The third-order valence-corrected chi connectivity index (χ3v) is 4.82. The van der Waals surface area contributed by atoms with Crippen LogP contribution in [-0.4, -0.2) is 20.1 Å². The van der Waals surface area contributed by atoms with Crippen molar-refractivity contribution in [2.45, 2.75) is 38.6 Å². The third-order valence-electron chi connectivity index (χ3n) is 4.82. The Morgan fingerprint density at radius 3 is 2.78 bits per heavy atom. The number of nitrogens with one attached hydrogen (secondary N) is 1. The Morgan fingerprint density at radius 1 is 1.15 bits per heavy atom. The van der Waals surface area contributed by atoms with Crippen molar-refractivity contribution in [1.82, 2.24) is 14.2 Å². The van der Waals surface area contributed by atoms with E-state index in [0.717, 1.165) is 49.1 Å². The lowest BCUT2D eigenvalue weighted by Crippen LogP contribution is -2.24. The van der Waals surface area contributed by atoms with E-state index >= 15 is 0 Å². The summed E-state index contributed by atoms with van der Waals surface area (Å²) in [6.07, 6.45) is 7.21. The van der Waals surface area contributed by atoms with E-state index in [1.54, 1.807) is 16.9 Å². The quantitative estimate of drug-likeness (QED) is 0.766. The van der Waals surface area contributed by atoms with Crippen LogP contribution in [0.2, 0.25) is 0 Å². The van der Waals surface area contributed by atoms with Crippen LogP contribution in [0.15, 0.2) is 35.4 Å². The standard InChI is InChI=1S/C19H18F2N4O2/c20-14-6-5-12(11-15(14)21)22-17(26)7-8-24-9-10-25-18(19(24)27)13-3-1-2-4-16(13)23-25/h5-6,9-11H,1-4,7-8H2,(H,22,26). The smallest absolute Gasteiger partial charge is 0.276 e. The highest BCUT2D eigenvalue weighted by Crippen LogP contribution is 2.22. The van der Waals surface area contributed by atoms with Crippen molar-refractivity contribution in [2.75, 3.05) is 5.32 Å². The molecular formula is C19H18F2N4O2. The Bertz CT molecular complexity index is 1090. The molecule has 27 heavy (non-hydrogen) atoms. The van der Waals surface area contributed by atoms with Gasteiger partial charge in [0.25, 0.3) is 5.56 Å². The molecule has 0 atom stereocenters. The molecule has 0 spiro atoms. The third kappa shape index (κ3) is 3.34. The second-order valence-corrected chi connectivity index (χ2v) is 6.65. The van der Waals surface area contributed by atoms with Gasteiger partial charge in [-0.2, -0.15) is 5.10 Å². The first-order valence-corrected chi connectivity index (χ1v) is 8.87. The zero-order valence-electron chi connectivity index (χ0n) is 14.5. The fourth-order valence-electron chi connectivity index (χ4n) is 3.45. The summed E-state index contributed by atoms with van der Waals surface area (Å²) in [4.78, 5) is 24.9. The fraction of sp³-hybridized carbons (Fsp3) is 0.316. The molecule has 1 N–H and O–H groups in total. The van der Waals surface area contributed by atoms with Gasteiger partial charge < -0.3 is 9.88 Å². The van der Waals surface area contributed by atoms with Crippen LogP contribution in [-0.2, 0) is 24.2 Å². The Kier molecular flexibility index (Phi) is 4.47. The van der Waals surface area contributed by atoms with Gasteiger partial charge in [-0.3, -0.25) is 9.59 Å². The average Bonchev–Trinajstić information content (AvgIpc) is 3.03. The zero-order valence-corrected chi connectivity index (χ0v) is 14.5. The largest absolute Gasteiger partial charge is 0.326 e. The normalized spacial score (nSPS) is 13.6. The molecule has 1 aromatic carbocycles. The van der Waals surface area contributed by atoms with E-state index < -0.39 is 11.6 Å². The SMILES string of the molecule is O=C(CCn1ccn2nc3c(c2c1=O)CCCC3)Nc1ccc(F)c(F)c1. The van der Waals surface area contributed by atoms with Crippen molar-refractivity contribution >= 4 is 17.1 Å². The zero-order chi connectivity index (χ0) is 19.0. The highest BCUT2D eigenvalue weighted by Gasteiger charge is 2.19. The summed E-state index contributed by atoms with van der Waals surface area (Å²) < 4.78 is 29.3. The molecule has 1 amide bonds. The fourth-order valence-corrected chi connectivity index (χ4v) is 3.45. The van der Waals surface area contributed by atoms with Crippen LogP contribution in [0.5, 0.6) is 0 Å². The molecule has 0 radical (unpaired) electrons. The molecule has 8 heteroatoms. The van der Waals surface area contributed by atoms with E-state index in [4.69, 9.17) is 0 Å². The highest BCUT2D eigenvalue weighted by molar-refractivity contribution is 5.90. The summed E-state index contributed by atoms with van der Waals surface area (Å²) >= 11 is 0. The van der Waals surface area contributed by atoms with Crippen molar-refractivity contribution in [3.8, 4) is 0 Å². The number of hydrogen-bond acceptors (Lipinski definition) is 3. The monoisotopic (exact) mass is 372 g/mol. The number of carbonyl (C=O) groups excluding carboxylic acids is 1. The summed E-state index contributed by atoms with van der Waals surface area (Å²) in [5.41, 5.74) is 2.56. The maximum absolute atomic E-state index is 13.2. The summed E-state index contributed by atoms with van der Waals surface area (Å²) in [5, 5.41) is 6.98.